The molecule has 3 heterocycles. The summed E-state index contributed by atoms with van der Waals surface area (Å²) in [5.74, 6) is 1.02. The van der Waals surface area contributed by atoms with E-state index in [9.17, 15) is 4.79 Å². The molecular formula is C26H28N4O. The summed E-state index contributed by atoms with van der Waals surface area (Å²) < 4.78 is 0. The number of hydrogen-bond donors (Lipinski definition) is 1. The topological polar surface area (TPSA) is 48.5 Å². The first-order chi connectivity index (χ1) is 15.3. The van der Waals surface area contributed by atoms with Gasteiger partial charge in [0, 0.05) is 45.0 Å². The van der Waals surface area contributed by atoms with E-state index in [0.29, 0.717) is 18.2 Å². The van der Waals surface area contributed by atoms with Gasteiger partial charge in [-0.3, -0.25) is 9.69 Å². The monoisotopic (exact) mass is 412 g/mol. The third kappa shape index (κ3) is 4.47. The Bertz CT molecular complexity index is 1040. The Morgan fingerprint density at radius 1 is 1.00 bits per heavy atom. The number of nitrogens with one attached hydrogen (secondary N) is 1. The first kappa shape index (κ1) is 19.8. The van der Waals surface area contributed by atoms with E-state index in [4.69, 9.17) is 0 Å². The highest BCUT2D eigenvalue weighted by molar-refractivity contribution is 5.94. The van der Waals surface area contributed by atoms with E-state index in [0.717, 1.165) is 44.8 Å². The molecular weight excluding hydrogens is 384 g/mol. The second kappa shape index (κ2) is 8.90. The summed E-state index contributed by atoms with van der Waals surface area (Å²) >= 11 is 0. The van der Waals surface area contributed by atoms with Crippen LogP contribution in [0.25, 0.3) is 0 Å². The number of benzene rings is 2. The Labute approximate surface area is 183 Å². The maximum absolute atomic E-state index is 12.6. The van der Waals surface area contributed by atoms with Gasteiger partial charge in [-0.25, -0.2) is 4.98 Å². The smallest absolute Gasteiger partial charge is 0.252 e. The lowest BCUT2D eigenvalue weighted by molar-refractivity contribution is 0.0953. The van der Waals surface area contributed by atoms with Gasteiger partial charge in [0.2, 0.25) is 0 Å². The maximum atomic E-state index is 12.6. The van der Waals surface area contributed by atoms with Crippen LogP contribution < -0.4 is 10.2 Å². The fourth-order valence-corrected chi connectivity index (χ4v) is 4.72. The zero-order valence-electron chi connectivity index (χ0n) is 17.7. The lowest BCUT2D eigenvalue weighted by Gasteiger charge is -2.38. The summed E-state index contributed by atoms with van der Waals surface area (Å²) in [5.41, 5.74) is 4.45. The van der Waals surface area contributed by atoms with Crippen molar-refractivity contribution in [3.05, 3.63) is 95.2 Å². The molecule has 0 saturated carbocycles. The highest BCUT2D eigenvalue weighted by Gasteiger charge is 2.35. The number of carbonyl (C=O) groups excluding carboxylic acids is 1. The number of aromatic nitrogens is 1. The van der Waals surface area contributed by atoms with Crippen LogP contribution in [0.15, 0.2) is 72.9 Å². The van der Waals surface area contributed by atoms with E-state index in [1.54, 1.807) is 6.20 Å². The minimum Gasteiger partial charge on any atom is -0.352 e. The van der Waals surface area contributed by atoms with Crippen LogP contribution in [0.3, 0.4) is 0 Å². The Morgan fingerprint density at radius 3 is 2.52 bits per heavy atom. The molecule has 1 atom stereocenters. The highest BCUT2D eigenvalue weighted by atomic mass is 16.1. The molecule has 31 heavy (non-hydrogen) atoms. The zero-order valence-corrected chi connectivity index (χ0v) is 17.7. The molecule has 1 unspecified atom stereocenters. The average Bonchev–Trinajstić information content (AvgIpc) is 3.17. The van der Waals surface area contributed by atoms with Gasteiger partial charge in [-0.1, -0.05) is 60.7 Å². The number of piperazine rings is 1. The van der Waals surface area contributed by atoms with Crippen molar-refractivity contribution in [2.45, 2.75) is 25.4 Å². The third-order valence-corrected chi connectivity index (χ3v) is 6.29. The van der Waals surface area contributed by atoms with Gasteiger partial charge >= 0.3 is 0 Å². The predicted molar refractivity (Wildman–Crippen MR) is 123 cm³/mol. The molecule has 1 saturated heterocycles. The van der Waals surface area contributed by atoms with Crippen molar-refractivity contribution in [3.63, 3.8) is 0 Å². The van der Waals surface area contributed by atoms with E-state index in [1.807, 2.05) is 24.3 Å². The summed E-state index contributed by atoms with van der Waals surface area (Å²) in [7, 11) is 0. The van der Waals surface area contributed by atoms with E-state index < -0.39 is 0 Å². The number of amides is 1. The average molecular weight is 413 g/mol. The number of nitrogens with zero attached hydrogens (tertiary/aromatic N) is 3. The van der Waals surface area contributed by atoms with E-state index in [1.165, 1.54) is 16.7 Å². The third-order valence-electron chi connectivity index (χ3n) is 6.29. The van der Waals surface area contributed by atoms with Crippen molar-refractivity contribution >= 4 is 11.7 Å². The second-order valence-electron chi connectivity index (χ2n) is 8.47. The van der Waals surface area contributed by atoms with Crippen molar-refractivity contribution in [3.8, 4) is 0 Å². The van der Waals surface area contributed by atoms with Gasteiger partial charge in [-0.2, -0.15) is 0 Å². The van der Waals surface area contributed by atoms with E-state index >= 15 is 0 Å². The van der Waals surface area contributed by atoms with Crippen molar-refractivity contribution in [2.75, 3.05) is 31.1 Å². The predicted octanol–water partition coefficient (Wildman–Crippen LogP) is 3.30. The summed E-state index contributed by atoms with van der Waals surface area (Å²) in [5, 5.41) is 3.03. The van der Waals surface area contributed by atoms with Gasteiger partial charge in [-0.05, 0) is 35.6 Å². The normalized spacial score (nSPS) is 17.8. The largest absolute Gasteiger partial charge is 0.352 e. The molecule has 5 nitrogen and oxygen atoms in total. The standard InChI is InChI=1S/C26H28N4O/c31-26(27-12-11-20-7-3-1-4-8-20)23-15-22-16-24-19-29(18-21-9-5-2-6-10-21)13-14-30(24)25(22)28-17-23/h1-10,15,17,24H,11-14,16,18-19H2,(H,27,31). The Kier molecular flexibility index (Phi) is 5.67. The summed E-state index contributed by atoms with van der Waals surface area (Å²) in [6.45, 7) is 4.67. The van der Waals surface area contributed by atoms with Crippen LogP contribution in [0.4, 0.5) is 5.82 Å². The molecule has 3 aromatic rings. The number of pyridine rings is 1. The van der Waals surface area contributed by atoms with Crippen molar-refractivity contribution in [1.82, 2.24) is 15.2 Å². The summed E-state index contributed by atoms with van der Waals surface area (Å²) in [4.78, 5) is 22.3. The highest BCUT2D eigenvalue weighted by Crippen LogP contribution is 2.33. The van der Waals surface area contributed by atoms with Gasteiger partial charge in [0.25, 0.3) is 5.91 Å². The molecule has 5 heteroatoms. The quantitative estimate of drug-likeness (QED) is 0.675. The summed E-state index contributed by atoms with van der Waals surface area (Å²) in [6.07, 6.45) is 3.52. The van der Waals surface area contributed by atoms with Crippen LogP contribution in [0.5, 0.6) is 0 Å². The Balaban J connectivity index is 1.19. The Hall–Kier alpha value is -3.18. The van der Waals surface area contributed by atoms with Crippen molar-refractivity contribution in [2.24, 2.45) is 0 Å². The first-order valence-electron chi connectivity index (χ1n) is 11.1. The zero-order chi connectivity index (χ0) is 21.0. The van der Waals surface area contributed by atoms with Gasteiger partial charge in [0.1, 0.15) is 5.82 Å². The molecule has 5 rings (SSSR count). The fraction of sp³-hybridized carbons (Fsp3) is 0.308. The van der Waals surface area contributed by atoms with Gasteiger partial charge < -0.3 is 10.2 Å². The number of rotatable bonds is 6. The molecule has 1 N–H and O–H groups in total. The van der Waals surface area contributed by atoms with Crippen LogP contribution in [0.1, 0.15) is 27.0 Å². The number of fused-ring (bicyclic) bond motifs is 3. The molecule has 0 spiro atoms. The maximum Gasteiger partial charge on any atom is 0.252 e. The van der Waals surface area contributed by atoms with Crippen LogP contribution >= 0.6 is 0 Å². The molecule has 2 aliphatic heterocycles. The SMILES string of the molecule is O=C(NCCc1ccccc1)c1cnc2c(c1)CC1CN(Cc3ccccc3)CCN21. The number of carbonyl (C=O) groups is 1. The lowest BCUT2D eigenvalue weighted by Crippen LogP contribution is -2.51. The summed E-state index contributed by atoms with van der Waals surface area (Å²) in [6, 6.07) is 23.4. The van der Waals surface area contributed by atoms with Gasteiger partial charge in [0.15, 0.2) is 0 Å². The van der Waals surface area contributed by atoms with Gasteiger partial charge in [0.05, 0.1) is 5.56 Å². The molecule has 0 bridgehead atoms. The fourth-order valence-electron chi connectivity index (χ4n) is 4.72. The molecule has 158 valence electrons. The second-order valence-corrected chi connectivity index (χ2v) is 8.47. The molecule has 0 radical (unpaired) electrons. The minimum atomic E-state index is -0.0400. The van der Waals surface area contributed by atoms with Crippen LogP contribution in [-0.2, 0) is 19.4 Å². The molecule has 0 aliphatic carbocycles. The number of hydrogen-bond acceptors (Lipinski definition) is 4. The van der Waals surface area contributed by atoms with Crippen LogP contribution in [0, 0.1) is 0 Å². The molecule has 1 amide bonds. The molecule has 2 aromatic carbocycles. The number of anilines is 1. The molecule has 1 fully saturated rings. The van der Waals surface area contributed by atoms with E-state index in [2.05, 4.69) is 62.6 Å². The van der Waals surface area contributed by atoms with E-state index in [-0.39, 0.29) is 5.91 Å². The molecule has 2 aliphatic rings. The van der Waals surface area contributed by atoms with Crippen LogP contribution in [-0.4, -0.2) is 48.0 Å². The lowest BCUT2D eigenvalue weighted by atomic mass is 10.1. The molecule has 1 aromatic heterocycles. The van der Waals surface area contributed by atoms with Crippen molar-refractivity contribution in [1.29, 1.82) is 0 Å². The minimum absolute atomic E-state index is 0.0400. The first-order valence-corrected chi connectivity index (χ1v) is 11.1. The Morgan fingerprint density at radius 2 is 1.74 bits per heavy atom. The van der Waals surface area contributed by atoms with Gasteiger partial charge in [-0.15, -0.1) is 0 Å². The van der Waals surface area contributed by atoms with Crippen molar-refractivity contribution < 1.29 is 4.79 Å². The van der Waals surface area contributed by atoms with Crippen LogP contribution in [0.2, 0.25) is 0 Å².